The summed E-state index contributed by atoms with van der Waals surface area (Å²) in [5, 5.41) is 5.94. The number of hydrogen-bond donors (Lipinski definition) is 1. The molecule has 15 heavy (non-hydrogen) atoms. The molecule has 0 amide bonds. The van der Waals surface area contributed by atoms with Gasteiger partial charge in [-0.15, -0.1) is 11.3 Å². The molecule has 0 saturated heterocycles. The standard InChI is InChI=1S/C13H21NS/c1-11(13-9-6-10-15-13)14-12-7-4-2-3-5-8-12/h6,9-12,14H,2-5,7-8H2,1H3/t11-/m0/s1. The third-order valence-electron chi connectivity index (χ3n) is 3.31. The first-order chi connectivity index (χ1) is 7.36. The highest BCUT2D eigenvalue weighted by Gasteiger charge is 2.15. The minimum atomic E-state index is 0.535. The molecule has 1 aromatic heterocycles. The second kappa shape index (κ2) is 5.66. The van der Waals surface area contributed by atoms with Gasteiger partial charge in [-0.3, -0.25) is 0 Å². The van der Waals surface area contributed by atoms with Gasteiger partial charge in [0.2, 0.25) is 0 Å². The van der Waals surface area contributed by atoms with Gasteiger partial charge >= 0.3 is 0 Å². The lowest BCUT2D eigenvalue weighted by Crippen LogP contribution is -2.30. The van der Waals surface area contributed by atoms with E-state index in [0.717, 1.165) is 6.04 Å². The quantitative estimate of drug-likeness (QED) is 0.760. The largest absolute Gasteiger partial charge is 0.307 e. The molecule has 1 aliphatic rings. The van der Waals surface area contributed by atoms with Gasteiger partial charge < -0.3 is 5.32 Å². The fourth-order valence-electron chi connectivity index (χ4n) is 2.42. The Kier molecular flexibility index (Phi) is 4.21. The molecule has 1 aliphatic carbocycles. The molecular weight excluding hydrogens is 202 g/mol. The molecule has 0 radical (unpaired) electrons. The summed E-state index contributed by atoms with van der Waals surface area (Å²) in [5.41, 5.74) is 0. The highest BCUT2D eigenvalue weighted by atomic mass is 32.1. The molecule has 0 spiro atoms. The van der Waals surface area contributed by atoms with Gasteiger partial charge in [0.25, 0.3) is 0 Å². The molecule has 1 saturated carbocycles. The molecule has 1 nitrogen and oxygen atoms in total. The molecule has 1 aromatic rings. The summed E-state index contributed by atoms with van der Waals surface area (Å²) >= 11 is 1.86. The maximum Gasteiger partial charge on any atom is 0.0388 e. The lowest BCUT2D eigenvalue weighted by molar-refractivity contribution is 0.417. The SMILES string of the molecule is C[C@H](NC1CCCCCC1)c1cccs1. The maximum atomic E-state index is 3.77. The van der Waals surface area contributed by atoms with Crippen molar-refractivity contribution in [1.29, 1.82) is 0 Å². The second-order valence-corrected chi connectivity index (χ2v) is 5.57. The lowest BCUT2D eigenvalue weighted by atomic mass is 10.1. The highest BCUT2D eigenvalue weighted by Crippen LogP contribution is 2.23. The Labute approximate surface area is 96.9 Å². The Bertz CT molecular complexity index is 260. The van der Waals surface area contributed by atoms with E-state index in [4.69, 9.17) is 0 Å². The summed E-state index contributed by atoms with van der Waals surface area (Å²) in [5.74, 6) is 0. The highest BCUT2D eigenvalue weighted by molar-refractivity contribution is 7.10. The summed E-state index contributed by atoms with van der Waals surface area (Å²) in [6.07, 6.45) is 8.44. The monoisotopic (exact) mass is 223 g/mol. The summed E-state index contributed by atoms with van der Waals surface area (Å²) in [6, 6.07) is 5.67. The molecule has 1 N–H and O–H groups in total. The molecule has 1 heterocycles. The summed E-state index contributed by atoms with van der Waals surface area (Å²) < 4.78 is 0. The first-order valence-electron chi connectivity index (χ1n) is 6.16. The van der Waals surface area contributed by atoms with Crippen molar-refractivity contribution in [3.05, 3.63) is 22.4 Å². The minimum absolute atomic E-state index is 0.535. The number of thiophene rings is 1. The van der Waals surface area contributed by atoms with E-state index in [-0.39, 0.29) is 0 Å². The number of rotatable bonds is 3. The summed E-state index contributed by atoms with van der Waals surface area (Å²) in [6.45, 7) is 2.29. The zero-order valence-electron chi connectivity index (χ0n) is 9.54. The van der Waals surface area contributed by atoms with E-state index in [1.807, 2.05) is 11.3 Å². The van der Waals surface area contributed by atoms with E-state index in [0.29, 0.717) is 6.04 Å². The smallest absolute Gasteiger partial charge is 0.0388 e. The van der Waals surface area contributed by atoms with E-state index >= 15 is 0 Å². The fraction of sp³-hybridized carbons (Fsp3) is 0.692. The number of hydrogen-bond acceptors (Lipinski definition) is 2. The van der Waals surface area contributed by atoms with Crippen molar-refractivity contribution in [1.82, 2.24) is 5.32 Å². The molecule has 0 bridgehead atoms. The molecule has 84 valence electrons. The van der Waals surface area contributed by atoms with Gasteiger partial charge in [-0.1, -0.05) is 31.7 Å². The van der Waals surface area contributed by atoms with Crippen molar-refractivity contribution < 1.29 is 0 Å². The molecule has 0 unspecified atom stereocenters. The molecule has 1 atom stereocenters. The molecule has 0 aromatic carbocycles. The Morgan fingerprint density at radius 1 is 1.27 bits per heavy atom. The van der Waals surface area contributed by atoms with Gasteiger partial charge in [-0.05, 0) is 31.2 Å². The molecule has 0 aliphatic heterocycles. The van der Waals surface area contributed by atoms with Crippen LogP contribution in [-0.2, 0) is 0 Å². The maximum absolute atomic E-state index is 3.77. The van der Waals surface area contributed by atoms with Crippen molar-refractivity contribution in [2.75, 3.05) is 0 Å². The van der Waals surface area contributed by atoms with Gasteiger partial charge in [-0.2, -0.15) is 0 Å². The fourth-order valence-corrected chi connectivity index (χ4v) is 3.16. The molecular formula is C13H21NS. The van der Waals surface area contributed by atoms with E-state index in [1.165, 1.54) is 43.4 Å². The van der Waals surface area contributed by atoms with E-state index < -0.39 is 0 Å². The van der Waals surface area contributed by atoms with Crippen LogP contribution in [0, 0.1) is 0 Å². The predicted molar refractivity (Wildman–Crippen MR) is 67.4 cm³/mol. The van der Waals surface area contributed by atoms with Gasteiger partial charge in [0.1, 0.15) is 0 Å². The third-order valence-corrected chi connectivity index (χ3v) is 4.37. The van der Waals surface area contributed by atoms with Gasteiger partial charge in [0.05, 0.1) is 0 Å². The van der Waals surface area contributed by atoms with Gasteiger partial charge in [-0.25, -0.2) is 0 Å². The van der Waals surface area contributed by atoms with Crippen LogP contribution in [0.2, 0.25) is 0 Å². The Morgan fingerprint density at radius 3 is 2.60 bits per heavy atom. The van der Waals surface area contributed by atoms with Crippen LogP contribution in [0.5, 0.6) is 0 Å². The van der Waals surface area contributed by atoms with Crippen LogP contribution in [0.3, 0.4) is 0 Å². The Morgan fingerprint density at radius 2 is 2.00 bits per heavy atom. The van der Waals surface area contributed by atoms with Crippen molar-refractivity contribution in [2.45, 2.75) is 57.5 Å². The Hall–Kier alpha value is -0.340. The van der Waals surface area contributed by atoms with E-state index in [2.05, 4.69) is 29.8 Å². The first kappa shape index (κ1) is 11.2. The van der Waals surface area contributed by atoms with Crippen molar-refractivity contribution in [3.63, 3.8) is 0 Å². The zero-order chi connectivity index (χ0) is 10.5. The average Bonchev–Trinajstić information content (AvgIpc) is 2.65. The van der Waals surface area contributed by atoms with Gasteiger partial charge in [0.15, 0.2) is 0 Å². The van der Waals surface area contributed by atoms with Gasteiger partial charge in [0, 0.05) is 17.0 Å². The van der Waals surface area contributed by atoms with Crippen LogP contribution < -0.4 is 5.32 Å². The topological polar surface area (TPSA) is 12.0 Å². The predicted octanol–water partition coefficient (Wildman–Crippen LogP) is 4.12. The zero-order valence-corrected chi connectivity index (χ0v) is 10.4. The summed E-state index contributed by atoms with van der Waals surface area (Å²) in [7, 11) is 0. The van der Waals surface area contributed by atoms with E-state index in [1.54, 1.807) is 0 Å². The van der Waals surface area contributed by atoms with Crippen molar-refractivity contribution >= 4 is 11.3 Å². The third kappa shape index (κ3) is 3.32. The second-order valence-electron chi connectivity index (χ2n) is 4.59. The van der Waals surface area contributed by atoms with Crippen LogP contribution in [0.15, 0.2) is 17.5 Å². The van der Waals surface area contributed by atoms with E-state index in [9.17, 15) is 0 Å². The first-order valence-corrected chi connectivity index (χ1v) is 7.03. The lowest BCUT2D eigenvalue weighted by Gasteiger charge is -2.21. The van der Waals surface area contributed by atoms with Crippen molar-refractivity contribution in [3.8, 4) is 0 Å². The van der Waals surface area contributed by atoms with Crippen LogP contribution in [-0.4, -0.2) is 6.04 Å². The van der Waals surface area contributed by atoms with Crippen LogP contribution in [0.1, 0.15) is 56.4 Å². The number of nitrogens with one attached hydrogen (secondary N) is 1. The Balaban J connectivity index is 1.84. The normalized spacial score (nSPS) is 21.1. The molecule has 2 rings (SSSR count). The van der Waals surface area contributed by atoms with Crippen LogP contribution >= 0.6 is 11.3 Å². The molecule has 2 heteroatoms. The van der Waals surface area contributed by atoms with Crippen LogP contribution in [0.4, 0.5) is 0 Å². The summed E-state index contributed by atoms with van der Waals surface area (Å²) in [4.78, 5) is 1.47. The van der Waals surface area contributed by atoms with Crippen molar-refractivity contribution in [2.24, 2.45) is 0 Å². The van der Waals surface area contributed by atoms with Crippen LogP contribution in [0.25, 0.3) is 0 Å². The minimum Gasteiger partial charge on any atom is -0.307 e. The molecule has 1 fully saturated rings. The average molecular weight is 223 g/mol.